The van der Waals surface area contributed by atoms with Gasteiger partial charge in [0.2, 0.25) is 0 Å². The lowest BCUT2D eigenvalue weighted by Gasteiger charge is -2.35. The van der Waals surface area contributed by atoms with Gasteiger partial charge in [0.1, 0.15) is 4.83 Å². The van der Waals surface area contributed by atoms with Crippen molar-refractivity contribution < 1.29 is 23.4 Å². The van der Waals surface area contributed by atoms with Crippen LogP contribution in [0.15, 0.2) is 12.1 Å². The van der Waals surface area contributed by atoms with E-state index in [1.165, 1.54) is 13.2 Å². The van der Waals surface area contributed by atoms with Crippen molar-refractivity contribution in [1.29, 1.82) is 0 Å². The van der Waals surface area contributed by atoms with Crippen LogP contribution in [-0.4, -0.2) is 26.3 Å². The molecule has 1 unspecified atom stereocenters. The predicted octanol–water partition coefficient (Wildman–Crippen LogP) is 4.71. The average Bonchev–Trinajstić information content (AvgIpc) is 2.53. The van der Waals surface area contributed by atoms with Gasteiger partial charge in [0.15, 0.2) is 11.6 Å². The number of benzene rings is 1. The Labute approximate surface area is 150 Å². The second kappa shape index (κ2) is 7.83. The Kier molecular flexibility index (Phi) is 6.26. The van der Waals surface area contributed by atoms with Crippen molar-refractivity contribution in [2.24, 2.45) is 5.41 Å². The molecule has 0 N–H and O–H groups in total. The molecule has 2 atom stereocenters. The molecular formula is C18H24BrFO4. The lowest BCUT2D eigenvalue weighted by molar-refractivity contribution is -0.142. The van der Waals surface area contributed by atoms with Gasteiger partial charge in [0.25, 0.3) is 0 Å². The van der Waals surface area contributed by atoms with Gasteiger partial charge in [-0.25, -0.2) is 4.39 Å². The molecule has 1 saturated heterocycles. The van der Waals surface area contributed by atoms with Gasteiger partial charge in [-0.2, -0.15) is 0 Å². The molecular weight excluding hydrogens is 379 g/mol. The number of methoxy groups -OCH3 is 1. The number of hydrogen-bond donors (Lipinski definition) is 0. The maximum absolute atomic E-state index is 14.5. The van der Waals surface area contributed by atoms with Gasteiger partial charge in [-0.05, 0) is 42.9 Å². The van der Waals surface area contributed by atoms with E-state index in [0.717, 1.165) is 12.8 Å². The summed E-state index contributed by atoms with van der Waals surface area (Å²) in [6, 6.07) is 3.19. The van der Waals surface area contributed by atoms with Gasteiger partial charge >= 0.3 is 5.97 Å². The number of carbonyl (C=O) groups excluding carboxylic acids is 1. The van der Waals surface area contributed by atoms with E-state index < -0.39 is 16.6 Å². The Morgan fingerprint density at radius 3 is 2.75 bits per heavy atom. The van der Waals surface area contributed by atoms with Crippen LogP contribution in [0.1, 0.15) is 55.7 Å². The summed E-state index contributed by atoms with van der Waals surface area (Å²) in [5.41, 5.74) is 1.26. The molecule has 0 spiro atoms. The van der Waals surface area contributed by atoms with Gasteiger partial charge in [-0.15, -0.1) is 0 Å². The summed E-state index contributed by atoms with van der Waals surface area (Å²) in [7, 11) is 1.38. The van der Waals surface area contributed by atoms with Crippen LogP contribution in [-0.2, 0) is 14.3 Å². The van der Waals surface area contributed by atoms with E-state index in [0.29, 0.717) is 17.7 Å². The molecule has 2 rings (SSSR count). The Morgan fingerprint density at radius 1 is 1.50 bits per heavy atom. The van der Waals surface area contributed by atoms with E-state index in [4.69, 9.17) is 14.2 Å². The fourth-order valence-electron chi connectivity index (χ4n) is 2.83. The van der Waals surface area contributed by atoms with Crippen LogP contribution in [0.2, 0.25) is 0 Å². The standard InChI is InChI=1S/C18H24BrFO4/c1-5-23-17(21)15(19)12-8-11(9-13(20)16(12)22-4)14-6-7-18(2,3)10-24-14/h8-9,14-15H,5-7,10H2,1-4H3/t14-,15?/m1/s1. The minimum Gasteiger partial charge on any atom is -0.493 e. The van der Waals surface area contributed by atoms with Crippen LogP contribution in [0, 0.1) is 11.2 Å². The summed E-state index contributed by atoms with van der Waals surface area (Å²) in [6.07, 6.45) is 1.62. The SMILES string of the molecule is CCOC(=O)C(Br)c1cc([C@H]2CCC(C)(C)CO2)cc(F)c1OC. The first-order chi connectivity index (χ1) is 11.3. The number of rotatable bonds is 5. The molecule has 0 radical (unpaired) electrons. The number of halogens is 2. The van der Waals surface area contributed by atoms with Crippen LogP contribution in [0.25, 0.3) is 0 Å². The van der Waals surface area contributed by atoms with Gasteiger partial charge in [0.05, 0.1) is 26.4 Å². The summed E-state index contributed by atoms with van der Waals surface area (Å²) in [5, 5.41) is 0. The quantitative estimate of drug-likeness (QED) is 0.528. The van der Waals surface area contributed by atoms with Crippen LogP contribution in [0.5, 0.6) is 5.75 Å². The van der Waals surface area contributed by atoms with Crippen molar-refractivity contribution >= 4 is 21.9 Å². The zero-order valence-corrected chi connectivity index (χ0v) is 16.1. The topological polar surface area (TPSA) is 44.8 Å². The maximum atomic E-state index is 14.5. The molecule has 1 aliphatic heterocycles. The van der Waals surface area contributed by atoms with Gasteiger partial charge in [-0.3, -0.25) is 4.79 Å². The van der Waals surface area contributed by atoms with E-state index in [9.17, 15) is 9.18 Å². The third kappa shape index (κ3) is 4.28. The Bertz CT molecular complexity index is 593. The molecule has 1 aromatic rings. The number of ether oxygens (including phenoxy) is 3. The van der Waals surface area contributed by atoms with Gasteiger partial charge < -0.3 is 14.2 Å². The van der Waals surface area contributed by atoms with Crippen molar-refractivity contribution in [1.82, 2.24) is 0 Å². The van der Waals surface area contributed by atoms with Crippen molar-refractivity contribution in [2.75, 3.05) is 20.3 Å². The molecule has 1 heterocycles. The molecule has 1 fully saturated rings. The lowest BCUT2D eigenvalue weighted by atomic mass is 9.84. The predicted molar refractivity (Wildman–Crippen MR) is 93.0 cm³/mol. The smallest absolute Gasteiger partial charge is 0.324 e. The van der Waals surface area contributed by atoms with Crippen LogP contribution >= 0.6 is 15.9 Å². The molecule has 0 amide bonds. The third-order valence-corrected chi connectivity index (χ3v) is 5.06. The molecule has 1 aromatic carbocycles. The van der Waals surface area contributed by atoms with Gasteiger partial charge in [0, 0.05) is 5.56 Å². The van der Waals surface area contributed by atoms with Crippen LogP contribution in [0.3, 0.4) is 0 Å². The average molecular weight is 403 g/mol. The van der Waals surface area contributed by atoms with E-state index in [2.05, 4.69) is 29.8 Å². The Balaban J connectivity index is 2.33. The molecule has 1 aliphatic rings. The highest BCUT2D eigenvalue weighted by atomic mass is 79.9. The van der Waals surface area contributed by atoms with Gasteiger partial charge in [-0.1, -0.05) is 29.8 Å². The minimum absolute atomic E-state index is 0.0461. The highest BCUT2D eigenvalue weighted by Gasteiger charge is 2.31. The van der Waals surface area contributed by atoms with Crippen molar-refractivity contribution in [3.05, 3.63) is 29.1 Å². The Hall–Kier alpha value is -1.14. The molecule has 0 bridgehead atoms. The fourth-order valence-corrected chi connectivity index (χ4v) is 3.31. The molecule has 134 valence electrons. The van der Waals surface area contributed by atoms with E-state index in [-0.39, 0.29) is 23.9 Å². The first-order valence-electron chi connectivity index (χ1n) is 8.08. The van der Waals surface area contributed by atoms with Crippen LogP contribution < -0.4 is 4.74 Å². The largest absolute Gasteiger partial charge is 0.493 e. The fraction of sp³-hybridized carbons (Fsp3) is 0.611. The molecule has 0 aromatic heterocycles. The summed E-state index contributed by atoms with van der Waals surface area (Å²) in [6.45, 7) is 6.91. The molecule has 24 heavy (non-hydrogen) atoms. The number of alkyl halides is 1. The van der Waals surface area contributed by atoms with Crippen molar-refractivity contribution in [3.8, 4) is 5.75 Å². The third-order valence-electron chi connectivity index (χ3n) is 4.20. The highest BCUT2D eigenvalue weighted by molar-refractivity contribution is 9.09. The molecule has 0 aliphatic carbocycles. The summed E-state index contributed by atoms with van der Waals surface area (Å²) >= 11 is 3.29. The van der Waals surface area contributed by atoms with E-state index in [1.54, 1.807) is 13.0 Å². The monoisotopic (exact) mass is 402 g/mol. The number of carbonyl (C=O) groups is 1. The number of esters is 1. The van der Waals surface area contributed by atoms with E-state index in [1.807, 2.05) is 0 Å². The number of hydrogen-bond acceptors (Lipinski definition) is 4. The van der Waals surface area contributed by atoms with Crippen molar-refractivity contribution in [2.45, 2.75) is 44.5 Å². The minimum atomic E-state index is -0.790. The summed E-state index contributed by atoms with van der Waals surface area (Å²) < 4.78 is 30.5. The summed E-state index contributed by atoms with van der Waals surface area (Å²) in [4.78, 5) is 11.2. The Morgan fingerprint density at radius 2 is 2.21 bits per heavy atom. The molecule has 6 heteroatoms. The summed E-state index contributed by atoms with van der Waals surface area (Å²) in [5.74, 6) is -0.935. The second-order valence-corrected chi connectivity index (χ2v) is 7.66. The first kappa shape index (κ1) is 19.2. The second-order valence-electron chi connectivity index (χ2n) is 6.74. The molecule has 4 nitrogen and oxygen atoms in total. The lowest BCUT2D eigenvalue weighted by Crippen LogP contribution is -2.27. The zero-order chi connectivity index (χ0) is 17.9. The molecule has 0 saturated carbocycles. The van der Waals surface area contributed by atoms with Crippen LogP contribution in [0.4, 0.5) is 4.39 Å². The normalized spacial score (nSPS) is 21.2. The maximum Gasteiger partial charge on any atom is 0.324 e. The zero-order valence-electron chi connectivity index (χ0n) is 14.5. The van der Waals surface area contributed by atoms with E-state index >= 15 is 0 Å². The highest BCUT2D eigenvalue weighted by Crippen LogP contribution is 2.41. The first-order valence-corrected chi connectivity index (χ1v) is 9.00. The van der Waals surface area contributed by atoms with Crippen molar-refractivity contribution in [3.63, 3.8) is 0 Å².